The molecule has 2 rings (SSSR count). The molecule has 62 valence electrons. The number of nitrogens with one attached hydrogen (secondary N) is 1. The highest BCUT2D eigenvalue weighted by Crippen LogP contribution is 2.21. The van der Waals surface area contributed by atoms with Crippen molar-refractivity contribution in [3.05, 3.63) is 35.4 Å². The van der Waals surface area contributed by atoms with Crippen LogP contribution in [-0.2, 0) is 6.61 Å². The zero-order valence-corrected chi connectivity index (χ0v) is 6.75. The first-order valence-electron chi connectivity index (χ1n) is 4.04. The van der Waals surface area contributed by atoms with Gasteiger partial charge in [-0.2, -0.15) is 0 Å². The van der Waals surface area contributed by atoms with Gasteiger partial charge >= 0.3 is 0 Å². The number of hydrogen-bond donors (Lipinski definition) is 2. The lowest BCUT2D eigenvalue weighted by atomic mass is 10.1. The van der Waals surface area contributed by atoms with Gasteiger partial charge in [0.15, 0.2) is 0 Å². The molecule has 2 N–H and O–H groups in total. The number of aliphatic hydroxyl groups is 1. The molecule has 0 spiro atoms. The Morgan fingerprint density at radius 2 is 2.33 bits per heavy atom. The number of fused-ring (bicyclic) bond motifs is 1. The van der Waals surface area contributed by atoms with Gasteiger partial charge in [0.1, 0.15) is 0 Å². The summed E-state index contributed by atoms with van der Waals surface area (Å²) in [7, 11) is 0. The molecule has 0 amide bonds. The fourth-order valence-corrected chi connectivity index (χ4v) is 1.36. The van der Waals surface area contributed by atoms with Gasteiger partial charge in [0.2, 0.25) is 0 Å². The maximum absolute atomic E-state index is 8.89. The van der Waals surface area contributed by atoms with Crippen molar-refractivity contribution in [1.29, 1.82) is 0 Å². The van der Waals surface area contributed by atoms with Crippen molar-refractivity contribution in [3.63, 3.8) is 0 Å². The maximum atomic E-state index is 8.89. The third kappa shape index (κ3) is 1.21. The highest BCUT2D eigenvalue weighted by molar-refractivity contribution is 5.70. The summed E-state index contributed by atoms with van der Waals surface area (Å²) in [5.41, 5.74) is 3.27. The Balaban J connectivity index is 2.44. The summed E-state index contributed by atoms with van der Waals surface area (Å²) in [6.45, 7) is 1.01. The molecule has 0 aliphatic carbocycles. The van der Waals surface area contributed by atoms with Crippen LogP contribution in [0.3, 0.4) is 0 Å². The normalized spacial score (nSPS) is 13.8. The molecule has 1 aliphatic rings. The minimum absolute atomic E-state index is 0.112. The van der Waals surface area contributed by atoms with Crippen molar-refractivity contribution in [1.82, 2.24) is 0 Å². The summed E-state index contributed by atoms with van der Waals surface area (Å²) < 4.78 is 0. The predicted molar refractivity (Wildman–Crippen MR) is 49.9 cm³/mol. The van der Waals surface area contributed by atoms with Crippen LogP contribution in [0.25, 0.3) is 6.08 Å². The summed E-state index contributed by atoms with van der Waals surface area (Å²) >= 11 is 0. The first kappa shape index (κ1) is 7.37. The van der Waals surface area contributed by atoms with Crippen LogP contribution in [0.15, 0.2) is 24.3 Å². The zero-order chi connectivity index (χ0) is 8.39. The van der Waals surface area contributed by atoms with E-state index < -0.39 is 0 Å². The third-order valence-corrected chi connectivity index (χ3v) is 2.01. The number of aliphatic hydroxyl groups excluding tert-OH is 1. The van der Waals surface area contributed by atoms with Crippen LogP contribution in [0.5, 0.6) is 0 Å². The Kier molecular flexibility index (Phi) is 1.84. The molecule has 0 aromatic heterocycles. The Morgan fingerprint density at radius 1 is 1.42 bits per heavy atom. The Morgan fingerprint density at radius 3 is 3.17 bits per heavy atom. The summed E-state index contributed by atoms with van der Waals surface area (Å²) in [4.78, 5) is 0. The number of rotatable bonds is 1. The van der Waals surface area contributed by atoms with E-state index in [1.807, 2.05) is 18.2 Å². The van der Waals surface area contributed by atoms with Gasteiger partial charge in [0.05, 0.1) is 6.61 Å². The number of benzene rings is 1. The Hall–Kier alpha value is -1.28. The van der Waals surface area contributed by atoms with Crippen LogP contribution >= 0.6 is 0 Å². The molecule has 2 heteroatoms. The van der Waals surface area contributed by atoms with E-state index in [1.165, 1.54) is 0 Å². The van der Waals surface area contributed by atoms with E-state index in [0.29, 0.717) is 0 Å². The van der Waals surface area contributed by atoms with E-state index in [-0.39, 0.29) is 6.61 Å². The first-order valence-corrected chi connectivity index (χ1v) is 4.04. The van der Waals surface area contributed by atoms with Gasteiger partial charge in [-0.15, -0.1) is 0 Å². The lowest BCUT2D eigenvalue weighted by molar-refractivity contribution is 0.282. The summed E-state index contributed by atoms with van der Waals surface area (Å²) in [5.74, 6) is 0. The van der Waals surface area contributed by atoms with Crippen molar-refractivity contribution in [2.45, 2.75) is 6.61 Å². The van der Waals surface area contributed by atoms with Crippen molar-refractivity contribution >= 4 is 11.8 Å². The van der Waals surface area contributed by atoms with Gasteiger partial charge in [-0.05, 0) is 23.3 Å². The topological polar surface area (TPSA) is 32.3 Å². The minimum atomic E-state index is 0.112. The third-order valence-electron chi connectivity index (χ3n) is 2.01. The van der Waals surface area contributed by atoms with Crippen molar-refractivity contribution < 1.29 is 5.11 Å². The lowest BCUT2D eigenvalue weighted by Crippen LogP contribution is -2.04. The average Bonchev–Trinajstić information content (AvgIpc) is 2.17. The van der Waals surface area contributed by atoms with E-state index in [2.05, 4.69) is 17.5 Å². The molecule has 0 radical (unpaired) electrons. The van der Waals surface area contributed by atoms with E-state index in [4.69, 9.17) is 5.11 Å². The van der Waals surface area contributed by atoms with E-state index in [0.717, 1.165) is 23.4 Å². The van der Waals surface area contributed by atoms with E-state index in [9.17, 15) is 0 Å². The molecule has 0 bridgehead atoms. The van der Waals surface area contributed by atoms with Gasteiger partial charge in [-0.1, -0.05) is 18.2 Å². The first-order chi connectivity index (χ1) is 5.90. The van der Waals surface area contributed by atoms with E-state index in [1.54, 1.807) is 0 Å². The maximum Gasteiger partial charge on any atom is 0.0682 e. The Bertz CT molecular complexity index is 318. The molecular weight excluding hydrogens is 150 g/mol. The van der Waals surface area contributed by atoms with Crippen LogP contribution in [0.4, 0.5) is 5.69 Å². The van der Waals surface area contributed by atoms with Crippen LogP contribution < -0.4 is 5.32 Å². The smallest absolute Gasteiger partial charge is 0.0682 e. The molecule has 2 nitrogen and oxygen atoms in total. The highest BCUT2D eigenvalue weighted by Gasteiger charge is 2.02. The van der Waals surface area contributed by atoms with Crippen LogP contribution in [0.1, 0.15) is 11.1 Å². The number of hydrogen-bond acceptors (Lipinski definition) is 2. The second-order valence-corrected chi connectivity index (χ2v) is 2.86. The van der Waals surface area contributed by atoms with E-state index >= 15 is 0 Å². The Labute approximate surface area is 71.5 Å². The molecule has 0 saturated carbocycles. The number of anilines is 1. The fourth-order valence-electron chi connectivity index (χ4n) is 1.36. The quantitative estimate of drug-likeness (QED) is 0.656. The van der Waals surface area contributed by atoms with Crippen LogP contribution in [-0.4, -0.2) is 11.7 Å². The molecule has 0 saturated heterocycles. The van der Waals surface area contributed by atoms with Crippen molar-refractivity contribution in [2.75, 3.05) is 11.9 Å². The monoisotopic (exact) mass is 161 g/mol. The predicted octanol–water partition coefficient (Wildman–Crippen LogP) is 1.62. The molecular formula is C10H11NO. The average molecular weight is 161 g/mol. The lowest BCUT2D eigenvalue weighted by Gasteiger charge is -2.13. The van der Waals surface area contributed by atoms with Crippen molar-refractivity contribution in [3.8, 4) is 0 Å². The standard InChI is InChI=1S/C10H11NO/c12-7-8-3-4-10-9(6-8)2-1-5-11-10/h1-4,6,11-12H,5,7H2. The zero-order valence-electron chi connectivity index (χ0n) is 6.75. The van der Waals surface area contributed by atoms with Gasteiger partial charge in [0, 0.05) is 12.2 Å². The summed E-state index contributed by atoms with van der Waals surface area (Å²) in [6, 6.07) is 5.94. The molecule has 0 fully saturated rings. The highest BCUT2D eigenvalue weighted by atomic mass is 16.3. The van der Waals surface area contributed by atoms with Gasteiger partial charge in [-0.25, -0.2) is 0 Å². The fraction of sp³-hybridized carbons (Fsp3) is 0.200. The molecule has 1 aromatic rings. The second kappa shape index (κ2) is 2.99. The summed E-state index contributed by atoms with van der Waals surface area (Å²) in [6.07, 6.45) is 4.15. The molecule has 0 atom stereocenters. The molecule has 1 aliphatic heterocycles. The molecule has 1 heterocycles. The van der Waals surface area contributed by atoms with Crippen LogP contribution in [0.2, 0.25) is 0 Å². The largest absolute Gasteiger partial charge is 0.392 e. The molecule has 0 unspecified atom stereocenters. The SMILES string of the molecule is OCc1ccc2c(c1)C=CCN2. The van der Waals surface area contributed by atoms with Gasteiger partial charge in [-0.3, -0.25) is 0 Å². The second-order valence-electron chi connectivity index (χ2n) is 2.86. The molecule has 12 heavy (non-hydrogen) atoms. The van der Waals surface area contributed by atoms with Crippen LogP contribution in [0, 0.1) is 0 Å². The van der Waals surface area contributed by atoms with Crippen molar-refractivity contribution in [2.24, 2.45) is 0 Å². The van der Waals surface area contributed by atoms with Gasteiger partial charge in [0.25, 0.3) is 0 Å². The molecule has 1 aromatic carbocycles. The van der Waals surface area contributed by atoms with Gasteiger partial charge < -0.3 is 10.4 Å². The summed E-state index contributed by atoms with van der Waals surface area (Å²) in [5, 5.41) is 12.1. The minimum Gasteiger partial charge on any atom is -0.392 e.